The van der Waals surface area contributed by atoms with Crippen LogP contribution in [0.25, 0.3) is 0 Å². The Morgan fingerprint density at radius 2 is 1.80 bits per heavy atom. The highest BCUT2D eigenvalue weighted by atomic mass is 35.5. The lowest BCUT2D eigenvalue weighted by molar-refractivity contribution is 1.02. The molecule has 4 heteroatoms. The Bertz CT molecular complexity index is 207. The van der Waals surface area contributed by atoms with Crippen molar-refractivity contribution in [2.24, 2.45) is 0 Å². The highest BCUT2D eigenvalue weighted by Crippen LogP contribution is 2.22. The molecule has 10 heavy (non-hydrogen) atoms. The Hall–Kier alpha value is -0.340. The summed E-state index contributed by atoms with van der Waals surface area (Å²) in [5.41, 5.74) is 0.730. The van der Waals surface area contributed by atoms with E-state index in [0.717, 1.165) is 11.4 Å². The highest BCUT2D eigenvalue weighted by Gasteiger charge is 2.02. The number of hydrogen-bond donors (Lipinski definition) is 0. The van der Waals surface area contributed by atoms with Crippen LogP contribution in [-0.2, 0) is 0 Å². The van der Waals surface area contributed by atoms with Crippen LogP contribution in [0.15, 0.2) is 12.4 Å². The first-order valence-corrected chi connectivity index (χ1v) is 3.64. The van der Waals surface area contributed by atoms with E-state index in [1.807, 2.05) is 0 Å². The Morgan fingerprint density at radius 3 is 2.20 bits per heavy atom. The van der Waals surface area contributed by atoms with Gasteiger partial charge >= 0.3 is 0 Å². The lowest BCUT2D eigenvalue weighted by atomic mass is 10.4. The molecule has 0 aliphatic rings. The summed E-state index contributed by atoms with van der Waals surface area (Å²) in [5.74, 6) is 0.720. The molecule has 0 fully saturated rings. The largest absolute Gasteiger partial charge is 0.241 e. The monoisotopic (exact) mass is 176 g/mol. The first-order valence-electron chi connectivity index (χ1n) is 2.77. The van der Waals surface area contributed by atoms with Crippen molar-refractivity contribution in [3.05, 3.63) is 23.8 Å². The van der Waals surface area contributed by atoms with Crippen LogP contribution in [0.5, 0.6) is 0 Å². The molecular weight excluding hydrogens is 171 g/mol. The standard InChI is InChI=1S/C6H6Cl2N2/c1-4-9-2-5(3-10-4)6(7)8/h2-3,6H,1H3. The van der Waals surface area contributed by atoms with Gasteiger partial charge in [0.2, 0.25) is 0 Å². The van der Waals surface area contributed by atoms with Crippen molar-refractivity contribution in [2.75, 3.05) is 0 Å². The molecule has 0 unspecified atom stereocenters. The zero-order valence-corrected chi connectivity index (χ0v) is 6.89. The summed E-state index contributed by atoms with van der Waals surface area (Å²) < 4.78 is 0. The van der Waals surface area contributed by atoms with Gasteiger partial charge in [0, 0.05) is 18.0 Å². The molecule has 0 radical (unpaired) electrons. The predicted octanol–water partition coefficient (Wildman–Crippen LogP) is 2.26. The molecule has 0 aromatic carbocycles. The maximum Gasteiger partial charge on any atom is 0.135 e. The Kier molecular flexibility index (Phi) is 2.46. The van der Waals surface area contributed by atoms with E-state index in [4.69, 9.17) is 23.2 Å². The molecule has 2 nitrogen and oxygen atoms in total. The zero-order valence-electron chi connectivity index (χ0n) is 5.38. The van der Waals surface area contributed by atoms with E-state index in [-0.39, 0.29) is 0 Å². The molecule has 0 saturated heterocycles. The normalized spacial score (nSPS) is 10.4. The van der Waals surface area contributed by atoms with Crippen LogP contribution in [0.4, 0.5) is 0 Å². The van der Waals surface area contributed by atoms with E-state index in [1.54, 1.807) is 19.3 Å². The first kappa shape index (κ1) is 7.76. The SMILES string of the molecule is Cc1ncc(C(Cl)Cl)cn1. The number of alkyl halides is 2. The molecule has 1 rings (SSSR count). The van der Waals surface area contributed by atoms with Crippen molar-refractivity contribution in [3.63, 3.8) is 0 Å². The predicted molar refractivity (Wildman–Crippen MR) is 41.2 cm³/mol. The van der Waals surface area contributed by atoms with Crippen molar-refractivity contribution >= 4 is 23.2 Å². The summed E-state index contributed by atoms with van der Waals surface area (Å²) in [6.45, 7) is 1.81. The fourth-order valence-corrected chi connectivity index (χ4v) is 0.741. The minimum atomic E-state index is -0.527. The van der Waals surface area contributed by atoms with Crippen molar-refractivity contribution in [1.29, 1.82) is 0 Å². The molecule has 0 bridgehead atoms. The highest BCUT2D eigenvalue weighted by molar-refractivity contribution is 6.44. The summed E-state index contributed by atoms with van der Waals surface area (Å²) >= 11 is 11.1. The van der Waals surface area contributed by atoms with E-state index < -0.39 is 4.84 Å². The third kappa shape index (κ3) is 1.82. The second-order valence-corrected chi connectivity index (χ2v) is 2.96. The summed E-state index contributed by atoms with van der Waals surface area (Å²) in [7, 11) is 0. The molecular formula is C6H6Cl2N2. The molecule has 0 atom stereocenters. The second kappa shape index (κ2) is 3.17. The van der Waals surface area contributed by atoms with Gasteiger partial charge in [0.25, 0.3) is 0 Å². The lowest BCUT2D eigenvalue weighted by Gasteiger charge is -1.98. The minimum absolute atomic E-state index is 0.527. The van der Waals surface area contributed by atoms with Gasteiger partial charge in [0.15, 0.2) is 0 Å². The molecule has 1 aromatic rings. The molecule has 0 N–H and O–H groups in total. The van der Waals surface area contributed by atoms with Gasteiger partial charge < -0.3 is 0 Å². The topological polar surface area (TPSA) is 25.8 Å². The van der Waals surface area contributed by atoms with Gasteiger partial charge in [-0.15, -0.1) is 0 Å². The molecule has 0 saturated carbocycles. The Balaban J connectivity index is 2.89. The smallest absolute Gasteiger partial charge is 0.135 e. The van der Waals surface area contributed by atoms with E-state index in [2.05, 4.69) is 9.97 Å². The van der Waals surface area contributed by atoms with Gasteiger partial charge in [-0.25, -0.2) is 9.97 Å². The number of rotatable bonds is 1. The number of aromatic nitrogens is 2. The van der Waals surface area contributed by atoms with Crippen molar-refractivity contribution < 1.29 is 0 Å². The second-order valence-electron chi connectivity index (χ2n) is 1.86. The van der Waals surface area contributed by atoms with E-state index in [0.29, 0.717) is 0 Å². The quantitative estimate of drug-likeness (QED) is 0.614. The third-order valence-corrected chi connectivity index (χ3v) is 1.56. The van der Waals surface area contributed by atoms with Gasteiger partial charge in [-0.1, -0.05) is 23.2 Å². The lowest BCUT2D eigenvalue weighted by Crippen LogP contribution is -1.89. The number of halogens is 2. The molecule has 1 heterocycles. The van der Waals surface area contributed by atoms with Crippen molar-refractivity contribution in [1.82, 2.24) is 9.97 Å². The van der Waals surface area contributed by atoms with Crippen LogP contribution in [0.3, 0.4) is 0 Å². The van der Waals surface area contributed by atoms with Crippen LogP contribution in [0, 0.1) is 6.92 Å². The fourth-order valence-electron chi connectivity index (χ4n) is 0.515. The maximum absolute atomic E-state index is 5.54. The Morgan fingerprint density at radius 1 is 1.30 bits per heavy atom. The third-order valence-electron chi connectivity index (χ3n) is 1.05. The van der Waals surface area contributed by atoms with Gasteiger partial charge in [0.05, 0.1) is 0 Å². The molecule has 0 amide bonds. The summed E-state index contributed by atoms with van der Waals surface area (Å²) in [6, 6.07) is 0. The van der Waals surface area contributed by atoms with Crippen LogP contribution in [0.2, 0.25) is 0 Å². The van der Waals surface area contributed by atoms with Gasteiger partial charge in [0.1, 0.15) is 10.7 Å². The van der Waals surface area contributed by atoms with E-state index >= 15 is 0 Å². The molecule has 1 aromatic heterocycles. The van der Waals surface area contributed by atoms with Gasteiger partial charge in [-0.2, -0.15) is 0 Å². The average Bonchev–Trinajstić information content (AvgIpc) is 1.88. The first-order chi connectivity index (χ1) is 4.70. The number of nitrogens with zero attached hydrogens (tertiary/aromatic N) is 2. The van der Waals surface area contributed by atoms with Crippen molar-refractivity contribution in [2.45, 2.75) is 11.8 Å². The average molecular weight is 177 g/mol. The van der Waals surface area contributed by atoms with Crippen LogP contribution in [0.1, 0.15) is 16.2 Å². The van der Waals surface area contributed by atoms with Crippen LogP contribution in [-0.4, -0.2) is 9.97 Å². The molecule has 0 spiro atoms. The van der Waals surface area contributed by atoms with Crippen molar-refractivity contribution in [3.8, 4) is 0 Å². The van der Waals surface area contributed by atoms with E-state index in [1.165, 1.54) is 0 Å². The number of hydrogen-bond acceptors (Lipinski definition) is 2. The maximum atomic E-state index is 5.54. The molecule has 54 valence electrons. The molecule has 0 aliphatic carbocycles. The number of aryl methyl sites for hydroxylation is 1. The molecule has 0 aliphatic heterocycles. The summed E-state index contributed by atoms with van der Waals surface area (Å²) in [5, 5.41) is 0. The van der Waals surface area contributed by atoms with Crippen LogP contribution >= 0.6 is 23.2 Å². The minimum Gasteiger partial charge on any atom is -0.241 e. The summed E-state index contributed by atoms with van der Waals surface area (Å²) in [4.78, 5) is 7.31. The van der Waals surface area contributed by atoms with E-state index in [9.17, 15) is 0 Å². The van der Waals surface area contributed by atoms with Crippen LogP contribution < -0.4 is 0 Å². The zero-order chi connectivity index (χ0) is 7.56. The fraction of sp³-hybridized carbons (Fsp3) is 0.333. The Labute approximate surface area is 69.2 Å². The summed E-state index contributed by atoms with van der Waals surface area (Å²) in [6.07, 6.45) is 3.24. The van der Waals surface area contributed by atoms with Gasteiger partial charge in [-0.05, 0) is 6.92 Å². The van der Waals surface area contributed by atoms with Gasteiger partial charge in [-0.3, -0.25) is 0 Å².